The van der Waals surface area contributed by atoms with Crippen molar-refractivity contribution in [2.45, 2.75) is 12.5 Å². The highest BCUT2D eigenvalue weighted by molar-refractivity contribution is 9.10. The maximum atomic E-state index is 11.6. The van der Waals surface area contributed by atoms with Crippen molar-refractivity contribution in [3.63, 3.8) is 0 Å². The van der Waals surface area contributed by atoms with Crippen LogP contribution in [0.15, 0.2) is 41.4 Å². The summed E-state index contributed by atoms with van der Waals surface area (Å²) in [5, 5.41) is 9.13. The molecule has 0 radical (unpaired) electrons. The van der Waals surface area contributed by atoms with Gasteiger partial charge in [0.15, 0.2) is 0 Å². The Bertz CT molecular complexity index is 768. The number of cyclic esters (lactones) is 1. The summed E-state index contributed by atoms with van der Waals surface area (Å²) in [4.78, 5) is 24.6. The van der Waals surface area contributed by atoms with Gasteiger partial charge in [-0.15, -0.1) is 6.58 Å². The number of rotatable bonds is 7. The van der Waals surface area contributed by atoms with Gasteiger partial charge < -0.3 is 20.7 Å². The molecule has 8 nitrogen and oxygen atoms in total. The van der Waals surface area contributed by atoms with Gasteiger partial charge in [-0.1, -0.05) is 22.0 Å². The average Bonchev–Trinajstić information content (AvgIpc) is 3.00. The van der Waals surface area contributed by atoms with E-state index < -0.39 is 6.04 Å². The minimum atomic E-state index is -0.449. The monoisotopic (exact) mass is 404 g/mol. The zero-order valence-corrected chi connectivity index (χ0v) is 14.9. The number of hydrogen-bond donors (Lipinski definition) is 3. The van der Waals surface area contributed by atoms with Crippen molar-refractivity contribution in [2.24, 2.45) is 0 Å². The molecule has 0 aliphatic carbocycles. The summed E-state index contributed by atoms with van der Waals surface area (Å²) >= 11 is 3.39. The van der Waals surface area contributed by atoms with Crippen LogP contribution in [0.2, 0.25) is 0 Å². The number of benzene rings is 1. The molecule has 3 rings (SSSR count). The van der Waals surface area contributed by atoms with Gasteiger partial charge in [0.2, 0.25) is 17.8 Å². The summed E-state index contributed by atoms with van der Waals surface area (Å²) in [6, 6.07) is 7.16. The molecule has 25 heavy (non-hydrogen) atoms. The molecule has 1 aromatic carbocycles. The molecule has 130 valence electrons. The van der Waals surface area contributed by atoms with E-state index >= 15 is 0 Å². The lowest BCUT2D eigenvalue weighted by molar-refractivity contribution is -0.138. The lowest BCUT2D eigenvalue weighted by Gasteiger charge is -2.12. The van der Waals surface area contributed by atoms with Gasteiger partial charge in [-0.05, 0) is 24.3 Å². The van der Waals surface area contributed by atoms with E-state index in [1.165, 1.54) is 0 Å². The largest absolute Gasteiger partial charge is 0.464 e. The Hall–Kier alpha value is -2.68. The quantitative estimate of drug-likeness (QED) is 0.478. The molecule has 1 fully saturated rings. The van der Waals surface area contributed by atoms with Gasteiger partial charge in [-0.3, -0.25) is 0 Å². The lowest BCUT2D eigenvalue weighted by atomic mass is 10.2. The summed E-state index contributed by atoms with van der Waals surface area (Å²) < 4.78 is 5.92. The topological polar surface area (TPSA) is 101 Å². The Kier molecular flexibility index (Phi) is 5.44. The van der Waals surface area contributed by atoms with Gasteiger partial charge in [0, 0.05) is 23.1 Å². The third-order valence-electron chi connectivity index (χ3n) is 3.38. The molecule has 3 N–H and O–H groups in total. The summed E-state index contributed by atoms with van der Waals surface area (Å²) in [5.74, 6) is 0.731. The first-order valence-electron chi connectivity index (χ1n) is 7.70. The number of nitrogens with zero attached hydrogens (tertiary/aromatic N) is 3. The van der Waals surface area contributed by atoms with E-state index in [0.29, 0.717) is 37.4 Å². The molecular formula is C16H17BrN6O2. The summed E-state index contributed by atoms with van der Waals surface area (Å²) in [6.45, 7) is 4.56. The Morgan fingerprint density at radius 1 is 1.20 bits per heavy atom. The highest BCUT2D eigenvalue weighted by atomic mass is 79.9. The molecular weight excluding hydrogens is 388 g/mol. The minimum absolute atomic E-state index is 0.296. The molecule has 0 bridgehead atoms. The van der Waals surface area contributed by atoms with Crippen molar-refractivity contribution in [3.8, 4) is 0 Å². The predicted octanol–water partition coefficient (Wildman–Crippen LogP) is 2.70. The number of carbonyl (C=O) groups excluding carboxylic acids is 1. The lowest BCUT2D eigenvalue weighted by Crippen LogP contribution is -2.26. The number of carbonyl (C=O) groups is 1. The van der Waals surface area contributed by atoms with Crippen molar-refractivity contribution in [1.82, 2.24) is 15.0 Å². The molecule has 1 atom stereocenters. The first-order valence-corrected chi connectivity index (χ1v) is 8.50. The second kappa shape index (κ2) is 7.93. The molecule has 1 aromatic heterocycles. The maximum Gasteiger partial charge on any atom is 0.328 e. The first-order chi connectivity index (χ1) is 12.1. The number of aromatic nitrogens is 3. The van der Waals surface area contributed by atoms with Crippen molar-refractivity contribution >= 4 is 45.4 Å². The summed E-state index contributed by atoms with van der Waals surface area (Å²) in [7, 11) is 0. The van der Waals surface area contributed by atoms with Crippen LogP contribution in [0.5, 0.6) is 0 Å². The van der Waals surface area contributed by atoms with E-state index in [1.54, 1.807) is 6.08 Å². The molecule has 1 aliphatic heterocycles. The van der Waals surface area contributed by atoms with Crippen LogP contribution in [0.1, 0.15) is 6.42 Å². The second-order valence-corrected chi connectivity index (χ2v) is 6.18. The Morgan fingerprint density at radius 2 is 1.92 bits per heavy atom. The fraction of sp³-hybridized carbons (Fsp3) is 0.250. The smallest absolute Gasteiger partial charge is 0.328 e. The predicted molar refractivity (Wildman–Crippen MR) is 98.9 cm³/mol. The number of ether oxygens (including phenoxy) is 1. The molecule has 0 unspecified atom stereocenters. The number of halogens is 1. The average molecular weight is 405 g/mol. The summed E-state index contributed by atoms with van der Waals surface area (Å²) in [6.07, 6.45) is 2.28. The minimum Gasteiger partial charge on any atom is -0.464 e. The van der Waals surface area contributed by atoms with Crippen LogP contribution in [-0.2, 0) is 9.53 Å². The number of hydrogen-bond acceptors (Lipinski definition) is 8. The van der Waals surface area contributed by atoms with Crippen molar-refractivity contribution in [2.75, 3.05) is 29.1 Å². The van der Waals surface area contributed by atoms with E-state index in [1.807, 2.05) is 24.3 Å². The maximum absolute atomic E-state index is 11.6. The fourth-order valence-corrected chi connectivity index (χ4v) is 2.45. The molecule has 0 saturated carbocycles. The van der Waals surface area contributed by atoms with Gasteiger partial charge in [0.1, 0.15) is 6.04 Å². The van der Waals surface area contributed by atoms with Crippen LogP contribution in [0.4, 0.5) is 23.5 Å². The molecule has 1 aliphatic rings. The van der Waals surface area contributed by atoms with Crippen LogP contribution in [0.3, 0.4) is 0 Å². The third-order valence-corrected chi connectivity index (χ3v) is 3.91. The molecule has 2 heterocycles. The van der Waals surface area contributed by atoms with Crippen molar-refractivity contribution < 1.29 is 9.53 Å². The first kappa shape index (κ1) is 17.2. The highest BCUT2D eigenvalue weighted by Gasteiger charge is 2.27. The molecule has 0 amide bonds. The van der Waals surface area contributed by atoms with Crippen LogP contribution < -0.4 is 16.0 Å². The molecule has 2 aromatic rings. The van der Waals surface area contributed by atoms with E-state index in [9.17, 15) is 4.79 Å². The molecule has 1 saturated heterocycles. The van der Waals surface area contributed by atoms with E-state index in [0.717, 1.165) is 10.2 Å². The zero-order valence-electron chi connectivity index (χ0n) is 13.3. The van der Waals surface area contributed by atoms with Gasteiger partial charge in [-0.2, -0.15) is 15.0 Å². The van der Waals surface area contributed by atoms with Crippen LogP contribution in [0.25, 0.3) is 0 Å². The SMILES string of the molecule is C=CCNc1nc(Nc2ccc(Br)cc2)nc(N[C@H]2CCOC2=O)n1. The normalized spacial score (nSPS) is 16.2. The third kappa shape index (κ3) is 4.66. The van der Waals surface area contributed by atoms with E-state index in [2.05, 4.69) is 53.4 Å². The fourth-order valence-electron chi connectivity index (χ4n) is 2.18. The van der Waals surface area contributed by atoms with Crippen molar-refractivity contribution in [1.29, 1.82) is 0 Å². The van der Waals surface area contributed by atoms with Crippen molar-refractivity contribution in [3.05, 3.63) is 41.4 Å². The van der Waals surface area contributed by atoms with Gasteiger partial charge in [0.05, 0.1) is 6.61 Å². The van der Waals surface area contributed by atoms with Gasteiger partial charge >= 0.3 is 5.97 Å². The Balaban J connectivity index is 1.82. The van der Waals surface area contributed by atoms with Crippen LogP contribution in [0, 0.1) is 0 Å². The number of esters is 1. The van der Waals surface area contributed by atoms with E-state index in [-0.39, 0.29) is 5.97 Å². The Morgan fingerprint density at radius 3 is 2.60 bits per heavy atom. The standard InChI is InChI=1S/C16H17BrN6O2/c1-2-8-18-14-21-15(19-11-5-3-10(17)4-6-11)23-16(22-14)20-12-7-9-25-13(12)24/h2-6,12H,1,7-9H2,(H3,18,19,20,21,22,23)/t12-/m0/s1. The second-order valence-electron chi connectivity index (χ2n) is 5.26. The van der Waals surface area contributed by atoms with Gasteiger partial charge in [0.25, 0.3) is 0 Å². The number of nitrogens with one attached hydrogen (secondary N) is 3. The highest BCUT2D eigenvalue weighted by Crippen LogP contribution is 2.19. The Labute approximate surface area is 153 Å². The molecule has 9 heteroatoms. The summed E-state index contributed by atoms with van der Waals surface area (Å²) in [5.41, 5.74) is 0.829. The number of anilines is 4. The zero-order chi connectivity index (χ0) is 17.6. The van der Waals surface area contributed by atoms with Gasteiger partial charge in [-0.25, -0.2) is 4.79 Å². The van der Waals surface area contributed by atoms with E-state index in [4.69, 9.17) is 4.74 Å². The molecule has 0 spiro atoms. The van der Waals surface area contributed by atoms with Crippen LogP contribution >= 0.6 is 15.9 Å². The van der Waals surface area contributed by atoms with Crippen LogP contribution in [-0.4, -0.2) is 40.1 Å².